The molecule has 0 heterocycles. The fourth-order valence-corrected chi connectivity index (χ4v) is 8.84. The van der Waals surface area contributed by atoms with Crippen molar-refractivity contribution in [3.05, 3.63) is 41.5 Å². The number of rotatable bonds is 8. The largest absolute Gasteiger partial charge is 0.462 e. The number of alkyl halides is 2. The molecule has 3 saturated carbocycles. The smallest absolute Gasteiger partial charge is 0.365 e. The topological polar surface area (TPSA) is 68.2 Å². The Morgan fingerprint density at radius 2 is 1.68 bits per heavy atom. The molecule has 1 aromatic rings. The number of nitrogens with zero attached hydrogens (tertiary/aromatic N) is 2. The number of ether oxygens (including phenoxy) is 1. The number of carbonyl (C=O) groups excluding carboxylic acids is 2. The zero-order chi connectivity index (χ0) is 28.5. The van der Waals surface area contributed by atoms with E-state index >= 15 is 0 Å². The standard InChI is InChI=1S/C32H42Cl2N2O4/c1-21(37)39-25-12-14-31(2)23(20-25)6-9-26-27-10-11-29(32(27,3)15-13-28(26)31)35-40-30(38)22-4-7-24(8-5-22)36(18-16-33)19-17-34/h4-8,25-28H,9-20H2,1-3H3/b35-29+/t25-,26?,27?,28?,31?,32?/m0/s1. The van der Waals surface area contributed by atoms with Gasteiger partial charge in [-0.05, 0) is 92.4 Å². The Labute approximate surface area is 248 Å². The number of allylic oxidation sites excluding steroid dienone is 1. The summed E-state index contributed by atoms with van der Waals surface area (Å²) < 4.78 is 5.59. The van der Waals surface area contributed by atoms with Gasteiger partial charge in [0.2, 0.25) is 0 Å². The van der Waals surface area contributed by atoms with Gasteiger partial charge in [-0.3, -0.25) is 4.79 Å². The molecule has 5 rings (SSSR count). The lowest BCUT2D eigenvalue weighted by atomic mass is 9.48. The number of hydrogen-bond acceptors (Lipinski definition) is 6. The molecule has 8 heteroatoms. The van der Waals surface area contributed by atoms with Crippen molar-refractivity contribution in [3.63, 3.8) is 0 Å². The average molecular weight is 590 g/mol. The van der Waals surface area contributed by atoms with Crippen molar-refractivity contribution in [2.24, 2.45) is 33.7 Å². The third-order valence-electron chi connectivity index (χ3n) is 10.5. The molecule has 6 atom stereocenters. The van der Waals surface area contributed by atoms with Crippen LogP contribution in [0.15, 0.2) is 41.1 Å². The molecule has 6 nitrogen and oxygen atoms in total. The molecule has 0 amide bonds. The Kier molecular flexibility index (Phi) is 8.87. The first-order valence-electron chi connectivity index (χ1n) is 14.8. The predicted molar refractivity (Wildman–Crippen MR) is 160 cm³/mol. The summed E-state index contributed by atoms with van der Waals surface area (Å²) in [6.45, 7) is 7.68. The quantitative estimate of drug-likeness (QED) is 0.104. The predicted octanol–water partition coefficient (Wildman–Crippen LogP) is 7.38. The van der Waals surface area contributed by atoms with Gasteiger partial charge in [-0.25, -0.2) is 4.79 Å². The van der Waals surface area contributed by atoms with Gasteiger partial charge in [0.1, 0.15) is 6.10 Å². The van der Waals surface area contributed by atoms with E-state index in [4.69, 9.17) is 32.8 Å². The second-order valence-corrected chi connectivity index (χ2v) is 13.3. The van der Waals surface area contributed by atoms with Crippen LogP contribution in [0.5, 0.6) is 0 Å². The molecule has 3 fully saturated rings. The molecular weight excluding hydrogens is 547 g/mol. The summed E-state index contributed by atoms with van der Waals surface area (Å²) in [6, 6.07) is 7.37. The molecule has 0 bridgehead atoms. The highest BCUT2D eigenvalue weighted by Crippen LogP contribution is 2.64. The van der Waals surface area contributed by atoms with Crippen molar-refractivity contribution in [2.75, 3.05) is 29.7 Å². The van der Waals surface area contributed by atoms with Crippen molar-refractivity contribution >= 4 is 46.5 Å². The highest BCUT2D eigenvalue weighted by Gasteiger charge is 2.58. The lowest BCUT2D eigenvalue weighted by molar-refractivity contribution is -0.148. The van der Waals surface area contributed by atoms with Gasteiger partial charge in [-0.2, -0.15) is 0 Å². The number of carbonyl (C=O) groups is 2. The van der Waals surface area contributed by atoms with Crippen molar-refractivity contribution < 1.29 is 19.2 Å². The van der Waals surface area contributed by atoms with Gasteiger partial charge < -0.3 is 14.5 Å². The summed E-state index contributed by atoms with van der Waals surface area (Å²) in [5.41, 5.74) is 4.14. The monoisotopic (exact) mass is 588 g/mol. The first kappa shape index (κ1) is 29.4. The lowest BCUT2D eigenvalue weighted by Crippen LogP contribution is -2.50. The van der Waals surface area contributed by atoms with Gasteiger partial charge >= 0.3 is 11.9 Å². The van der Waals surface area contributed by atoms with Crippen LogP contribution in [0.3, 0.4) is 0 Å². The van der Waals surface area contributed by atoms with Crippen LogP contribution in [0.2, 0.25) is 0 Å². The van der Waals surface area contributed by atoms with E-state index in [1.807, 2.05) is 12.1 Å². The summed E-state index contributed by atoms with van der Waals surface area (Å²) in [5.74, 6) is 2.20. The molecule has 0 aliphatic heterocycles. The van der Waals surface area contributed by atoms with Gasteiger partial charge in [-0.15, -0.1) is 23.2 Å². The maximum absolute atomic E-state index is 12.9. The number of fused-ring (bicyclic) bond motifs is 5. The Balaban J connectivity index is 1.25. The van der Waals surface area contributed by atoms with E-state index in [2.05, 4.69) is 30.0 Å². The fraction of sp³-hybridized carbons (Fsp3) is 0.656. The van der Waals surface area contributed by atoms with Crippen LogP contribution in [0.4, 0.5) is 5.69 Å². The first-order chi connectivity index (χ1) is 19.2. The van der Waals surface area contributed by atoms with Gasteiger partial charge in [0.05, 0.1) is 11.3 Å². The molecule has 218 valence electrons. The summed E-state index contributed by atoms with van der Waals surface area (Å²) in [5, 5.41) is 4.50. The van der Waals surface area contributed by atoms with Crippen LogP contribution in [0, 0.1) is 28.6 Å². The number of benzene rings is 1. The minimum Gasteiger partial charge on any atom is -0.462 e. The van der Waals surface area contributed by atoms with Gasteiger partial charge in [0, 0.05) is 49.3 Å². The van der Waals surface area contributed by atoms with E-state index in [0.29, 0.717) is 48.2 Å². The molecule has 0 aromatic heterocycles. The first-order valence-corrected chi connectivity index (χ1v) is 15.9. The number of hydrogen-bond donors (Lipinski definition) is 0. The molecule has 0 spiro atoms. The van der Waals surface area contributed by atoms with Gasteiger partial charge in [0.15, 0.2) is 0 Å². The van der Waals surface area contributed by atoms with E-state index in [9.17, 15) is 9.59 Å². The highest BCUT2D eigenvalue weighted by molar-refractivity contribution is 6.18. The summed E-state index contributed by atoms with van der Waals surface area (Å²) >= 11 is 11.9. The normalized spacial score (nSPS) is 33.8. The van der Waals surface area contributed by atoms with Crippen molar-refractivity contribution in [1.82, 2.24) is 0 Å². The van der Waals surface area contributed by atoms with Crippen molar-refractivity contribution in [2.45, 2.75) is 78.2 Å². The third kappa shape index (κ3) is 5.55. The Bertz CT molecular complexity index is 1160. The van der Waals surface area contributed by atoms with Crippen LogP contribution in [0.25, 0.3) is 0 Å². The highest BCUT2D eigenvalue weighted by atomic mass is 35.5. The van der Waals surface area contributed by atoms with Crippen molar-refractivity contribution in [3.8, 4) is 0 Å². The number of halogens is 2. The number of oxime groups is 1. The minimum atomic E-state index is -0.427. The fourth-order valence-electron chi connectivity index (χ4n) is 8.43. The molecule has 0 radical (unpaired) electrons. The summed E-state index contributed by atoms with van der Waals surface area (Å²) in [4.78, 5) is 32.1. The number of anilines is 1. The van der Waals surface area contributed by atoms with Gasteiger partial charge in [-0.1, -0.05) is 30.7 Å². The molecule has 5 unspecified atom stereocenters. The molecular formula is C32H42Cl2N2O4. The maximum atomic E-state index is 12.9. The summed E-state index contributed by atoms with van der Waals surface area (Å²) in [7, 11) is 0. The third-order valence-corrected chi connectivity index (χ3v) is 10.9. The van der Waals surface area contributed by atoms with E-state index in [0.717, 1.165) is 62.8 Å². The Morgan fingerprint density at radius 1 is 1.00 bits per heavy atom. The second-order valence-electron chi connectivity index (χ2n) is 12.6. The summed E-state index contributed by atoms with van der Waals surface area (Å²) in [6.07, 6.45) is 10.6. The zero-order valence-electron chi connectivity index (χ0n) is 24.0. The van der Waals surface area contributed by atoms with Crippen LogP contribution in [0.1, 0.15) is 82.5 Å². The zero-order valence-corrected chi connectivity index (χ0v) is 25.5. The molecule has 0 saturated heterocycles. The van der Waals surface area contributed by atoms with E-state index in [1.165, 1.54) is 12.5 Å². The van der Waals surface area contributed by atoms with Crippen molar-refractivity contribution in [1.29, 1.82) is 0 Å². The molecule has 1 aromatic carbocycles. The number of esters is 1. The molecule has 40 heavy (non-hydrogen) atoms. The maximum Gasteiger partial charge on any atom is 0.365 e. The van der Waals surface area contributed by atoms with Crippen LogP contribution in [-0.4, -0.2) is 48.6 Å². The minimum absolute atomic E-state index is 0.0218. The molecule has 4 aliphatic carbocycles. The average Bonchev–Trinajstić information content (AvgIpc) is 3.28. The Hall–Kier alpha value is -2.05. The van der Waals surface area contributed by atoms with Crippen LogP contribution < -0.4 is 4.90 Å². The lowest BCUT2D eigenvalue weighted by Gasteiger charge is -2.57. The SMILES string of the molecule is CC(=O)O[C@H]1CCC2(C)C(=CCC3C2CCC2(C)/C(=N/OC(=O)c4ccc(N(CCCl)CCCl)cc4)CCC32)C1. The van der Waals surface area contributed by atoms with E-state index in [1.54, 1.807) is 12.1 Å². The van der Waals surface area contributed by atoms with E-state index in [-0.39, 0.29) is 22.9 Å². The molecule has 0 N–H and O–H groups in total. The second kappa shape index (κ2) is 12.1. The Morgan fingerprint density at radius 3 is 2.35 bits per heavy atom. The van der Waals surface area contributed by atoms with Crippen LogP contribution >= 0.6 is 23.2 Å². The molecule has 4 aliphatic rings. The van der Waals surface area contributed by atoms with E-state index < -0.39 is 5.97 Å². The van der Waals surface area contributed by atoms with Crippen LogP contribution in [-0.2, 0) is 14.4 Å². The van der Waals surface area contributed by atoms with Gasteiger partial charge in [0.25, 0.3) is 0 Å².